The van der Waals surface area contributed by atoms with Gasteiger partial charge in [0.1, 0.15) is 11.9 Å². The topological polar surface area (TPSA) is 35.2 Å². The molecular weight excluding hydrogens is 230 g/mol. The van der Waals surface area contributed by atoms with E-state index in [0.717, 1.165) is 23.1 Å². The third kappa shape index (κ3) is 2.23. The average Bonchev–Trinajstić information content (AvgIpc) is 2.06. The lowest BCUT2D eigenvalue weighted by molar-refractivity contribution is 0.101. The van der Waals surface area contributed by atoms with Crippen LogP contribution in [0.25, 0.3) is 0 Å². The van der Waals surface area contributed by atoms with Crippen LogP contribution in [0, 0.1) is 0 Å². The zero-order valence-electron chi connectivity index (χ0n) is 7.24. The summed E-state index contributed by atoms with van der Waals surface area (Å²) in [5, 5.41) is 0. The Morgan fingerprint density at radius 1 is 1.23 bits per heavy atom. The smallest absolute Gasteiger partial charge is 0.119 e. The van der Waals surface area contributed by atoms with Crippen LogP contribution in [0.4, 0.5) is 0 Å². The van der Waals surface area contributed by atoms with Crippen molar-refractivity contribution in [2.75, 3.05) is 0 Å². The quantitative estimate of drug-likeness (QED) is 0.863. The minimum absolute atomic E-state index is 0.330. The van der Waals surface area contributed by atoms with Gasteiger partial charge in [-0.15, -0.1) is 0 Å². The molecule has 0 atom stereocenters. The van der Waals surface area contributed by atoms with Crippen LogP contribution in [0.2, 0.25) is 0 Å². The number of benzene rings is 1. The summed E-state index contributed by atoms with van der Waals surface area (Å²) in [7, 11) is 0. The maximum Gasteiger partial charge on any atom is 0.119 e. The summed E-state index contributed by atoms with van der Waals surface area (Å²) in [5.74, 6) is 0.931. The molecule has 3 heteroatoms. The highest BCUT2D eigenvalue weighted by Crippen LogP contribution is 2.25. The Hall–Kier alpha value is -0.540. The second-order valence-electron chi connectivity index (χ2n) is 3.43. The van der Waals surface area contributed by atoms with Gasteiger partial charge in [0, 0.05) is 10.5 Å². The molecular formula is C10H12BrNO. The van der Waals surface area contributed by atoms with Crippen LogP contribution in [-0.2, 0) is 0 Å². The molecule has 1 fully saturated rings. The second kappa shape index (κ2) is 3.68. The van der Waals surface area contributed by atoms with E-state index >= 15 is 0 Å². The van der Waals surface area contributed by atoms with Crippen molar-refractivity contribution < 1.29 is 4.74 Å². The van der Waals surface area contributed by atoms with Crippen molar-refractivity contribution in [3.8, 4) is 5.75 Å². The lowest BCUT2D eigenvalue weighted by Crippen LogP contribution is -2.43. The number of hydrogen-bond acceptors (Lipinski definition) is 2. The highest BCUT2D eigenvalue weighted by molar-refractivity contribution is 9.10. The van der Waals surface area contributed by atoms with Crippen LogP contribution in [0.5, 0.6) is 5.75 Å². The summed E-state index contributed by atoms with van der Waals surface area (Å²) in [6.07, 6.45) is 2.29. The highest BCUT2D eigenvalue weighted by atomic mass is 79.9. The molecule has 1 aliphatic carbocycles. The maximum atomic E-state index is 5.67. The molecule has 1 saturated carbocycles. The lowest BCUT2D eigenvalue weighted by atomic mass is 9.90. The van der Waals surface area contributed by atoms with Gasteiger partial charge in [-0.1, -0.05) is 15.9 Å². The largest absolute Gasteiger partial charge is 0.490 e. The van der Waals surface area contributed by atoms with E-state index in [0.29, 0.717) is 12.1 Å². The van der Waals surface area contributed by atoms with Gasteiger partial charge in [-0.3, -0.25) is 0 Å². The monoisotopic (exact) mass is 241 g/mol. The zero-order chi connectivity index (χ0) is 9.26. The van der Waals surface area contributed by atoms with Gasteiger partial charge in [0.25, 0.3) is 0 Å². The second-order valence-corrected chi connectivity index (χ2v) is 4.34. The Balaban J connectivity index is 1.91. The number of hydrogen-bond donors (Lipinski definition) is 1. The first-order valence-corrected chi connectivity index (χ1v) is 5.21. The van der Waals surface area contributed by atoms with Crippen molar-refractivity contribution in [3.05, 3.63) is 28.7 Å². The molecule has 0 aromatic heterocycles. The van der Waals surface area contributed by atoms with E-state index in [1.807, 2.05) is 24.3 Å². The van der Waals surface area contributed by atoms with Gasteiger partial charge in [-0.05, 0) is 37.1 Å². The molecule has 0 heterocycles. The molecule has 2 nitrogen and oxygen atoms in total. The van der Waals surface area contributed by atoms with Gasteiger partial charge in [-0.2, -0.15) is 0 Å². The first kappa shape index (κ1) is 9.03. The summed E-state index contributed by atoms with van der Waals surface area (Å²) in [6, 6.07) is 8.24. The predicted molar refractivity (Wildman–Crippen MR) is 55.8 cm³/mol. The van der Waals surface area contributed by atoms with Gasteiger partial charge in [-0.25, -0.2) is 0 Å². The molecule has 1 aromatic rings. The molecule has 2 rings (SSSR count). The van der Waals surface area contributed by atoms with Crippen LogP contribution >= 0.6 is 15.9 Å². The van der Waals surface area contributed by atoms with E-state index in [1.54, 1.807) is 0 Å². The van der Waals surface area contributed by atoms with E-state index in [2.05, 4.69) is 15.9 Å². The Morgan fingerprint density at radius 3 is 2.38 bits per heavy atom. The minimum atomic E-state index is 0.330. The van der Waals surface area contributed by atoms with Crippen LogP contribution in [-0.4, -0.2) is 12.1 Å². The molecule has 70 valence electrons. The van der Waals surface area contributed by atoms with Crippen LogP contribution in [0.1, 0.15) is 12.8 Å². The SMILES string of the molecule is N[C@H]1C[C@@H](Oc2ccc(Br)cc2)C1. The fourth-order valence-electron chi connectivity index (χ4n) is 1.41. The van der Waals surface area contributed by atoms with Crippen molar-refractivity contribution in [3.63, 3.8) is 0 Å². The van der Waals surface area contributed by atoms with E-state index in [4.69, 9.17) is 10.5 Å². The van der Waals surface area contributed by atoms with E-state index in [-0.39, 0.29) is 0 Å². The summed E-state index contributed by atoms with van der Waals surface area (Å²) >= 11 is 3.38. The molecule has 2 N–H and O–H groups in total. The Morgan fingerprint density at radius 2 is 1.85 bits per heavy atom. The highest BCUT2D eigenvalue weighted by Gasteiger charge is 2.27. The fraction of sp³-hybridized carbons (Fsp3) is 0.400. The fourth-order valence-corrected chi connectivity index (χ4v) is 1.67. The normalized spacial score (nSPS) is 26.6. The van der Waals surface area contributed by atoms with Crippen molar-refractivity contribution >= 4 is 15.9 Å². The molecule has 0 unspecified atom stereocenters. The van der Waals surface area contributed by atoms with E-state index < -0.39 is 0 Å². The third-order valence-corrected chi connectivity index (χ3v) is 2.78. The average molecular weight is 242 g/mol. The Labute approximate surface area is 86.2 Å². The van der Waals surface area contributed by atoms with Crippen molar-refractivity contribution in [1.82, 2.24) is 0 Å². The minimum Gasteiger partial charge on any atom is -0.490 e. The maximum absolute atomic E-state index is 5.67. The number of rotatable bonds is 2. The molecule has 0 radical (unpaired) electrons. The zero-order valence-corrected chi connectivity index (χ0v) is 8.83. The molecule has 0 saturated heterocycles. The summed E-state index contributed by atoms with van der Waals surface area (Å²) in [6.45, 7) is 0. The van der Waals surface area contributed by atoms with Crippen molar-refractivity contribution in [2.24, 2.45) is 5.73 Å². The van der Waals surface area contributed by atoms with Gasteiger partial charge >= 0.3 is 0 Å². The summed E-state index contributed by atoms with van der Waals surface area (Å²) in [4.78, 5) is 0. The molecule has 0 aliphatic heterocycles. The molecule has 0 spiro atoms. The first-order valence-electron chi connectivity index (χ1n) is 4.42. The molecule has 1 aliphatic rings. The van der Waals surface area contributed by atoms with Gasteiger partial charge < -0.3 is 10.5 Å². The van der Waals surface area contributed by atoms with Crippen molar-refractivity contribution in [2.45, 2.75) is 25.0 Å². The molecule has 0 bridgehead atoms. The number of ether oxygens (including phenoxy) is 1. The van der Waals surface area contributed by atoms with Crippen molar-refractivity contribution in [1.29, 1.82) is 0 Å². The Bertz CT molecular complexity index is 279. The van der Waals surface area contributed by atoms with Gasteiger partial charge in [0.2, 0.25) is 0 Å². The Kier molecular flexibility index (Phi) is 2.56. The molecule has 0 amide bonds. The third-order valence-electron chi connectivity index (χ3n) is 2.25. The van der Waals surface area contributed by atoms with E-state index in [9.17, 15) is 0 Å². The molecule has 13 heavy (non-hydrogen) atoms. The predicted octanol–water partition coefficient (Wildman–Crippen LogP) is 2.32. The van der Waals surface area contributed by atoms with E-state index in [1.165, 1.54) is 0 Å². The molecule has 1 aromatic carbocycles. The van der Waals surface area contributed by atoms with Gasteiger partial charge in [0.05, 0.1) is 0 Å². The number of halogens is 1. The standard InChI is InChI=1S/C10H12BrNO/c11-7-1-3-9(4-2-7)13-10-5-8(12)6-10/h1-4,8,10H,5-6,12H2/t8-,10+. The number of nitrogens with two attached hydrogens (primary N) is 1. The summed E-state index contributed by atoms with van der Waals surface area (Å²) < 4.78 is 6.75. The van der Waals surface area contributed by atoms with Gasteiger partial charge in [0.15, 0.2) is 0 Å². The van der Waals surface area contributed by atoms with Crippen LogP contribution < -0.4 is 10.5 Å². The lowest BCUT2D eigenvalue weighted by Gasteiger charge is -2.32. The van der Waals surface area contributed by atoms with Crippen LogP contribution in [0.3, 0.4) is 0 Å². The summed E-state index contributed by atoms with van der Waals surface area (Å²) in [5.41, 5.74) is 5.66. The van der Waals surface area contributed by atoms with Crippen LogP contribution in [0.15, 0.2) is 28.7 Å². The first-order chi connectivity index (χ1) is 6.24.